The summed E-state index contributed by atoms with van der Waals surface area (Å²) >= 11 is 0. The maximum atomic E-state index is 3.64. The zero-order valence-corrected chi connectivity index (χ0v) is 15.0. The van der Waals surface area contributed by atoms with Crippen molar-refractivity contribution in [2.24, 2.45) is 5.92 Å². The molecule has 0 amide bonds. The Bertz CT molecular complexity index is 206. The van der Waals surface area contributed by atoms with Crippen LogP contribution in [0.1, 0.15) is 110 Å². The molecule has 0 radical (unpaired) electrons. The highest BCUT2D eigenvalue weighted by molar-refractivity contribution is 4.76. The van der Waals surface area contributed by atoms with E-state index in [0.717, 1.165) is 12.0 Å². The van der Waals surface area contributed by atoms with E-state index in [0.29, 0.717) is 0 Å². The first kappa shape index (κ1) is 19.0. The summed E-state index contributed by atoms with van der Waals surface area (Å²) in [4.78, 5) is 0. The number of hydrogen-bond donors (Lipinski definition) is 1. The largest absolute Gasteiger partial charge is 0.317 e. The van der Waals surface area contributed by atoms with Crippen LogP contribution in [-0.4, -0.2) is 13.1 Å². The minimum atomic E-state index is 0.795. The van der Waals surface area contributed by atoms with E-state index in [2.05, 4.69) is 19.3 Å². The molecule has 0 bridgehead atoms. The van der Waals surface area contributed by atoms with E-state index in [-0.39, 0.29) is 0 Å². The smallest absolute Gasteiger partial charge is 0.00923 e. The molecule has 21 heavy (non-hydrogen) atoms. The van der Waals surface area contributed by atoms with Crippen LogP contribution in [0.4, 0.5) is 0 Å². The van der Waals surface area contributed by atoms with Crippen molar-refractivity contribution in [1.29, 1.82) is 0 Å². The quantitative estimate of drug-likeness (QED) is 0.431. The molecule has 1 rings (SSSR count). The van der Waals surface area contributed by atoms with Crippen LogP contribution >= 0.6 is 0 Å². The Balaban J connectivity index is 2.06. The Labute approximate surface area is 134 Å². The molecule has 1 heteroatoms. The molecule has 1 aliphatic rings. The van der Waals surface area contributed by atoms with Gasteiger partial charge < -0.3 is 5.32 Å². The second kappa shape index (κ2) is 13.6. The van der Waals surface area contributed by atoms with E-state index in [4.69, 9.17) is 0 Å². The molecular weight excluding hydrogens is 254 g/mol. The fourth-order valence-electron chi connectivity index (χ4n) is 4.00. The predicted octanol–water partition coefficient (Wildman–Crippen LogP) is 6.47. The zero-order chi connectivity index (χ0) is 15.2. The van der Waals surface area contributed by atoms with Crippen molar-refractivity contribution >= 4 is 0 Å². The SMILES string of the molecule is CCCCCCCCCCC(NC)C1CCCCCCC1. The van der Waals surface area contributed by atoms with Gasteiger partial charge in [0.25, 0.3) is 0 Å². The van der Waals surface area contributed by atoms with Crippen LogP contribution < -0.4 is 5.32 Å². The number of unbranched alkanes of at least 4 members (excludes halogenated alkanes) is 7. The first-order valence-electron chi connectivity index (χ1n) is 10.1. The summed E-state index contributed by atoms with van der Waals surface area (Å²) in [7, 11) is 2.19. The highest BCUT2D eigenvalue weighted by Crippen LogP contribution is 2.27. The van der Waals surface area contributed by atoms with E-state index in [1.807, 2.05) is 0 Å². The molecule has 0 aromatic rings. The van der Waals surface area contributed by atoms with Gasteiger partial charge in [0.15, 0.2) is 0 Å². The summed E-state index contributed by atoms with van der Waals surface area (Å²) in [5.41, 5.74) is 0. The lowest BCUT2D eigenvalue weighted by Gasteiger charge is -2.28. The summed E-state index contributed by atoms with van der Waals surface area (Å²) in [6, 6.07) is 0.795. The summed E-state index contributed by atoms with van der Waals surface area (Å²) in [6.45, 7) is 2.30. The molecule has 1 N–H and O–H groups in total. The lowest BCUT2D eigenvalue weighted by molar-refractivity contribution is 0.278. The lowest BCUT2D eigenvalue weighted by atomic mass is 9.84. The second-order valence-corrected chi connectivity index (χ2v) is 7.26. The van der Waals surface area contributed by atoms with E-state index < -0.39 is 0 Å². The maximum Gasteiger partial charge on any atom is 0.00923 e. The van der Waals surface area contributed by atoms with Gasteiger partial charge in [-0.3, -0.25) is 0 Å². The Kier molecular flexibility index (Phi) is 12.3. The minimum absolute atomic E-state index is 0.795. The first-order chi connectivity index (χ1) is 10.4. The summed E-state index contributed by atoms with van der Waals surface area (Å²) in [5, 5.41) is 3.64. The van der Waals surface area contributed by atoms with Gasteiger partial charge in [0.2, 0.25) is 0 Å². The minimum Gasteiger partial charge on any atom is -0.317 e. The number of hydrogen-bond acceptors (Lipinski definition) is 1. The Morgan fingerprint density at radius 3 is 1.86 bits per heavy atom. The van der Waals surface area contributed by atoms with Gasteiger partial charge in [0, 0.05) is 6.04 Å². The van der Waals surface area contributed by atoms with Crippen molar-refractivity contribution in [3.05, 3.63) is 0 Å². The molecule has 0 aromatic carbocycles. The molecule has 0 aliphatic heterocycles. The molecular formula is C20H41N. The molecule has 1 saturated carbocycles. The Morgan fingerprint density at radius 2 is 1.29 bits per heavy atom. The van der Waals surface area contributed by atoms with Crippen LogP contribution in [0.15, 0.2) is 0 Å². The van der Waals surface area contributed by atoms with Crippen molar-refractivity contribution < 1.29 is 0 Å². The Morgan fingerprint density at radius 1 is 0.762 bits per heavy atom. The highest BCUT2D eigenvalue weighted by Gasteiger charge is 2.20. The van der Waals surface area contributed by atoms with Gasteiger partial charge in [0.05, 0.1) is 0 Å². The van der Waals surface area contributed by atoms with Crippen molar-refractivity contribution in [3.63, 3.8) is 0 Å². The van der Waals surface area contributed by atoms with Gasteiger partial charge in [-0.1, -0.05) is 90.4 Å². The van der Waals surface area contributed by atoms with E-state index in [1.165, 1.54) is 103 Å². The highest BCUT2D eigenvalue weighted by atomic mass is 14.9. The monoisotopic (exact) mass is 295 g/mol. The van der Waals surface area contributed by atoms with Crippen LogP contribution in [0.3, 0.4) is 0 Å². The first-order valence-corrected chi connectivity index (χ1v) is 10.1. The zero-order valence-electron chi connectivity index (χ0n) is 15.0. The standard InChI is InChI=1S/C20H41N/c1-3-4-5-6-7-8-12-15-18-20(21-2)19-16-13-10-9-11-14-17-19/h19-21H,3-18H2,1-2H3. The van der Waals surface area contributed by atoms with Crippen molar-refractivity contribution in [2.45, 2.75) is 116 Å². The van der Waals surface area contributed by atoms with Gasteiger partial charge in [-0.05, 0) is 32.2 Å². The topological polar surface area (TPSA) is 12.0 Å². The van der Waals surface area contributed by atoms with Crippen LogP contribution in [0.2, 0.25) is 0 Å². The van der Waals surface area contributed by atoms with Gasteiger partial charge in [-0.2, -0.15) is 0 Å². The summed E-state index contributed by atoms with van der Waals surface area (Å²) in [6.07, 6.45) is 23.3. The third-order valence-electron chi connectivity index (χ3n) is 5.46. The molecule has 1 fully saturated rings. The van der Waals surface area contributed by atoms with Crippen LogP contribution in [-0.2, 0) is 0 Å². The van der Waals surface area contributed by atoms with E-state index in [1.54, 1.807) is 0 Å². The van der Waals surface area contributed by atoms with Crippen molar-refractivity contribution in [1.82, 2.24) is 5.32 Å². The van der Waals surface area contributed by atoms with Crippen molar-refractivity contribution in [3.8, 4) is 0 Å². The Hall–Kier alpha value is -0.0400. The molecule has 1 atom stereocenters. The van der Waals surface area contributed by atoms with Gasteiger partial charge in [-0.25, -0.2) is 0 Å². The van der Waals surface area contributed by atoms with Crippen molar-refractivity contribution in [2.75, 3.05) is 7.05 Å². The van der Waals surface area contributed by atoms with Gasteiger partial charge in [-0.15, -0.1) is 0 Å². The third-order valence-corrected chi connectivity index (χ3v) is 5.46. The molecule has 0 saturated heterocycles. The fraction of sp³-hybridized carbons (Fsp3) is 1.00. The van der Waals surface area contributed by atoms with Crippen LogP contribution in [0.5, 0.6) is 0 Å². The normalized spacial score (nSPS) is 19.1. The third kappa shape index (κ3) is 9.55. The number of nitrogens with one attached hydrogen (secondary N) is 1. The molecule has 0 heterocycles. The molecule has 1 nitrogen and oxygen atoms in total. The molecule has 1 unspecified atom stereocenters. The fourth-order valence-corrected chi connectivity index (χ4v) is 4.00. The van der Waals surface area contributed by atoms with E-state index >= 15 is 0 Å². The summed E-state index contributed by atoms with van der Waals surface area (Å²) < 4.78 is 0. The average Bonchev–Trinajstić information content (AvgIpc) is 2.46. The average molecular weight is 296 g/mol. The summed E-state index contributed by atoms with van der Waals surface area (Å²) in [5.74, 6) is 0.958. The predicted molar refractivity (Wildman–Crippen MR) is 95.9 cm³/mol. The molecule has 1 aliphatic carbocycles. The lowest BCUT2D eigenvalue weighted by Crippen LogP contribution is -2.34. The molecule has 0 aromatic heterocycles. The van der Waals surface area contributed by atoms with E-state index in [9.17, 15) is 0 Å². The molecule has 0 spiro atoms. The van der Waals surface area contributed by atoms with Gasteiger partial charge >= 0.3 is 0 Å². The second-order valence-electron chi connectivity index (χ2n) is 7.26. The molecule has 126 valence electrons. The number of rotatable bonds is 11. The van der Waals surface area contributed by atoms with Gasteiger partial charge in [0.1, 0.15) is 0 Å². The van der Waals surface area contributed by atoms with Crippen LogP contribution in [0.25, 0.3) is 0 Å². The van der Waals surface area contributed by atoms with Crippen LogP contribution in [0, 0.1) is 5.92 Å². The maximum absolute atomic E-state index is 3.64.